The molecule has 0 aliphatic rings. The number of anilines is 3. The summed E-state index contributed by atoms with van der Waals surface area (Å²) in [7, 11) is 0. The van der Waals surface area contributed by atoms with Gasteiger partial charge in [-0.3, -0.25) is 0 Å². The van der Waals surface area contributed by atoms with E-state index < -0.39 is 0 Å². The first-order valence-electron chi connectivity index (χ1n) is 19.3. The molecule has 0 radical (unpaired) electrons. The number of nitrogens with zero attached hydrogens (tertiary/aromatic N) is 1. The molecule has 0 saturated carbocycles. The molecule has 2 nitrogen and oxygen atoms in total. The van der Waals surface area contributed by atoms with Crippen molar-refractivity contribution in [3.63, 3.8) is 0 Å². The van der Waals surface area contributed by atoms with E-state index in [4.69, 9.17) is 4.42 Å². The number of furan rings is 1. The molecule has 0 unspecified atom stereocenters. The Balaban J connectivity index is 1.12. The van der Waals surface area contributed by atoms with Crippen LogP contribution in [0.4, 0.5) is 17.1 Å². The van der Waals surface area contributed by atoms with E-state index >= 15 is 0 Å². The lowest BCUT2D eigenvalue weighted by molar-refractivity contribution is 0.670. The van der Waals surface area contributed by atoms with Gasteiger partial charge in [-0.1, -0.05) is 170 Å². The predicted molar refractivity (Wildman–Crippen MR) is 243 cm³/mol. The zero-order chi connectivity index (χ0) is 37.7. The molecule has 57 heavy (non-hydrogen) atoms. The van der Waals surface area contributed by atoms with Crippen LogP contribution in [0, 0.1) is 0 Å². The Morgan fingerprint density at radius 3 is 1.53 bits per heavy atom. The van der Waals surface area contributed by atoms with Gasteiger partial charge in [0.1, 0.15) is 11.2 Å². The average Bonchev–Trinajstić information content (AvgIpc) is 3.87. The molecular formula is C54H35NOS. The van der Waals surface area contributed by atoms with Crippen LogP contribution in [0.2, 0.25) is 0 Å². The van der Waals surface area contributed by atoms with Crippen LogP contribution in [0.5, 0.6) is 0 Å². The van der Waals surface area contributed by atoms with E-state index in [-0.39, 0.29) is 0 Å². The molecule has 2 heterocycles. The smallest absolute Gasteiger partial charge is 0.143 e. The quantitative estimate of drug-likeness (QED) is 0.162. The molecule has 11 aromatic rings. The number of rotatable bonds is 7. The monoisotopic (exact) mass is 745 g/mol. The van der Waals surface area contributed by atoms with Crippen molar-refractivity contribution in [3.8, 4) is 44.5 Å². The number of hydrogen-bond donors (Lipinski definition) is 0. The minimum Gasteiger partial charge on any atom is -0.455 e. The molecule has 0 atom stereocenters. The average molecular weight is 746 g/mol. The van der Waals surface area contributed by atoms with Gasteiger partial charge in [-0.25, -0.2) is 0 Å². The molecule has 11 rings (SSSR count). The molecule has 3 heteroatoms. The fraction of sp³-hybridized carbons (Fsp3) is 0. The standard InChI is InChI=1S/C54H35NOS/c1-4-14-36(15-5-1)37-24-28-41(29-25-37)55(52-44(39-18-8-3-9-19-39)33-35-47-46-20-11-13-23-50(46)57-54(47)52)42-30-26-40(27-31-42)45-34-32-43(38-16-6-2-7-17-38)51-48-21-10-12-22-49(48)56-53(45)51/h1-35H. The highest BCUT2D eigenvalue weighted by Crippen LogP contribution is 2.50. The first-order valence-corrected chi connectivity index (χ1v) is 20.2. The van der Waals surface area contributed by atoms with Gasteiger partial charge < -0.3 is 9.32 Å². The summed E-state index contributed by atoms with van der Waals surface area (Å²) in [6.07, 6.45) is 0. The maximum Gasteiger partial charge on any atom is 0.143 e. The highest BCUT2D eigenvalue weighted by Gasteiger charge is 2.24. The first kappa shape index (κ1) is 33.2. The van der Waals surface area contributed by atoms with E-state index in [1.165, 1.54) is 59.2 Å². The molecular weight excluding hydrogens is 711 g/mol. The lowest BCUT2D eigenvalue weighted by Gasteiger charge is -2.29. The molecule has 268 valence electrons. The number of para-hydroxylation sites is 1. The first-order chi connectivity index (χ1) is 28.3. The third-order valence-corrected chi connectivity index (χ3v) is 12.3. The number of fused-ring (bicyclic) bond motifs is 6. The minimum absolute atomic E-state index is 0.892. The van der Waals surface area contributed by atoms with Gasteiger partial charge in [-0.15, -0.1) is 11.3 Å². The maximum atomic E-state index is 6.70. The minimum atomic E-state index is 0.892. The summed E-state index contributed by atoms with van der Waals surface area (Å²) >= 11 is 1.86. The van der Waals surface area contributed by atoms with E-state index in [0.29, 0.717) is 0 Å². The topological polar surface area (TPSA) is 16.4 Å². The lowest BCUT2D eigenvalue weighted by Crippen LogP contribution is -2.11. The van der Waals surface area contributed by atoms with Crippen LogP contribution in [-0.2, 0) is 0 Å². The van der Waals surface area contributed by atoms with Gasteiger partial charge in [0.15, 0.2) is 0 Å². The highest BCUT2D eigenvalue weighted by molar-refractivity contribution is 7.26. The van der Waals surface area contributed by atoms with Crippen molar-refractivity contribution in [2.45, 2.75) is 0 Å². The zero-order valence-corrected chi connectivity index (χ0v) is 31.8. The van der Waals surface area contributed by atoms with Crippen LogP contribution < -0.4 is 4.90 Å². The molecule has 0 amide bonds. The van der Waals surface area contributed by atoms with Crippen LogP contribution in [0.15, 0.2) is 217 Å². The Morgan fingerprint density at radius 1 is 0.351 bits per heavy atom. The maximum absolute atomic E-state index is 6.70. The third-order valence-electron chi connectivity index (χ3n) is 11.1. The SMILES string of the molecule is c1ccc(-c2ccc(N(c3ccc(-c4ccc(-c5ccccc5)c5c4oc4ccccc45)cc3)c3c(-c4ccccc4)ccc4c3sc3ccccc34)cc2)cc1. The van der Waals surface area contributed by atoms with E-state index in [2.05, 4.69) is 211 Å². The van der Waals surface area contributed by atoms with E-state index in [1.807, 2.05) is 17.4 Å². The summed E-state index contributed by atoms with van der Waals surface area (Å²) in [5, 5.41) is 4.81. The number of benzene rings is 9. The van der Waals surface area contributed by atoms with Crippen molar-refractivity contribution in [1.29, 1.82) is 0 Å². The Morgan fingerprint density at radius 2 is 0.842 bits per heavy atom. The van der Waals surface area contributed by atoms with Crippen molar-refractivity contribution >= 4 is 70.5 Å². The molecule has 0 aliphatic heterocycles. The largest absolute Gasteiger partial charge is 0.455 e. The van der Waals surface area contributed by atoms with E-state index in [1.54, 1.807) is 0 Å². The number of thiophene rings is 1. The van der Waals surface area contributed by atoms with Gasteiger partial charge in [0.25, 0.3) is 0 Å². The van der Waals surface area contributed by atoms with Crippen LogP contribution in [0.1, 0.15) is 0 Å². The lowest BCUT2D eigenvalue weighted by atomic mass is 9.94. The summed E-state index contributed by atoms with van der Waals surface area (Å²) in [5.41, 5.74) is 14.4. The summed E-state index contributed by atoms with van der Waals surface area (Å²) in [6, 6.07) is 76.2. The summed E-state index contributed by atoms with van der Waals surface area (Å²) in [4.78, 5) is 2.45. The van der Waals surface area contributed by atoms with Gasteiger partial charge in [0, 0.05) is 48.7 Å². The molecule has 0 bridgehead atoms. The molecule has 2 aromatic heterocycles. The fourth-order valence-corrected chi connectivity index (χ4v) is 9.63. The van der Waals surface area contributed by atoms with Crippen molar-refractivity contribution in [1.82, 2.24) is 0 Å². The zero-order valence-electron chi connectivity index (χ0n) is 31.0. The second kappa shape index (κ2) is 13.8. The van der Waals surface area contributed by atoms with Crippen molar-refractivity contribution in [3.05, 3.63) is 212 Å². The van der Waals surface area contributed by atoms with Gasteiger partial charge in [0.05, 0.1) is 10.4 Å². The Bertz CT molecular complexity index is 3200. The summed E-state index contributed by atoms with van der Waals surface area (Å²) in [6.45, 7) is 0. The molecule has 0 spiro atoms. The van der Waals surface area contributed by atoms with Crippen molar-refractivity contribution in [2.24, 2.45) is 0 Å². The van der Waals surface area contributed by atoms with Gasteiger partial charge >= 0.3 is 0 Å². The second-order valence-corrected chi connectivity index (χ2v) is 15.5. The molecule has 0 fully saturated rings. The Labute approximate surface area is 335 Å². The van der Waals surface area contributed by atoms with Crippen LogP contribution in [0.25, 0.3) is 86.6 Å². The van der Waals surface area contributed by atoms with Crippen LogP contribution >= 0.6 is 11.3 Å². The van der Waals surface area contributed by atoms with Crippen LogP contribution in [0.3, 0.4) is 0 Å². The second-order valence-electron chi connectivity index (χ2n) is 14.4. The molecule has 0 N–H and O–H groups in total. The fourth-order valence-electron chi connectivity index (χ4n) is 8.39. The Hall–Kier alpha value is -7.20. The molecule has 9 aromatic carbocycles. The predicted octanol–water partition coefficient (Wildman–Crippen LogP) is 16.1. The van der Waals surface area contributed by atoms with Crippen molar-refractivity contribution in [2.75, 3.05) is 4.90 Å². The summed E-state index contributed by atoms with van der Waals surface area (Å²) < 4.78 is 9.24. The Kier molecular flexibility index (Phi) is 8.04. The van der Waals surface area contributed by atoms with Crippen molar-refractivity contribution < 1.29 is 4.42 Å². The van der Waals surface area contributed by atoms with Gasteiger partial charge in [0.2, 0.25) is 0 Å². The normalized spacial score (nSPS) is 11.5. The molecule has 0 saturated heterocycles. The van der Waals surface area contributed by atoms with Crippen LogP contribution in [-0.4, -0.2) is 0 Å². The highest BCUT2D eigenvalue weighted by atomic mass is 32.1. The summed E-state index contributed by atoms with van der Waals surface area (Å²) in [5.74, 6) is 0. The van der Waals surface area contributed by atoms with E-state index in [0.717, 1.165) is 44.4 Å². The van der Waals surface area contributed by atoms with E-state index in [9.17, 15) is 0 Å². The third kappa shape index (κ3) is 5.71. The van der Waals surface area contributed by atoms with Gasteiger partial charge in [-0.05, 0) is 75.8 Å². The molecule has 0 aliphatic carbocycles. The van der Waals surface area contributed by atoms with Gasteiger partial charge in [-0.2, -0.15) is 0 Å². The number of hydrogen-bond acceptors (Lipinski definition) is 3.